The highest BCUT2D eigenvalue weighted by Gasteiger charge is 2.45. The van der Waals surface area contributed by atoms with Crippen molar-refractivity contribution in [3.8, 4) is 0 Å². The van der Waals surface area contributed by atoms with Crippen LogP contribution >= 0.6 is 0 Å². The first-order chi connectivity index (χ1) is 4.71. The van der Waals surface area contributed by atoms with Gasteiger partial charge in [0.05, 0.1) is 4.75 Å². The van der Waals surface area contributed by atoms with Gasteiger partial charge >= 0.3 is 0 Å². The molecule has 0 aromatic rings. The Bertz CT molecular complexity index is 143. The molecule has 1 atom stereocenters. The highest BCUT2D eigenvalue weighted by atomic mass is 32.2. The van der Waals surface area contributed by atoms with Crippen LogP contribution in [0.4, 0.5) is 0 Å². The summed E-state index contributed by atoms with van der Waals surface area (Å²) in [5, 5.41) is 3.24. The van der Waals surface area contributed by atoms with Crippen LogP contribution in [0, 0.1) is 0 Å². The third kappa shape index (κ3) is 1.58. The Hall–Kier alpha value is 0.110. The molecule has 1 fully saturated rings. The van der Waals surface area contributed by atoms with Gasteiger partial charge in [-0.2, -0.15) is 0 Å². The molecule has 0 heterocycles. The predicted molar refractivity (Wildman–Crippen MR) is 44.6 cm³/mol. The lowest BCUT2D eigenvalue weighted by Crippen LogP contribution is -2.31. The summed E-state index contributed by atoms with van der Waals surface area (Å²) >= 11 is 0. The second kappa shape index (κ2) is 3.01. The van der Waals surface area contributed by atoms with Gasteiger partial charge in [0.15, 0.2) is 0 Å². The standard InChI is InChI=1S/C7H15NOS/c1-3-8-6-7(4-5-7)10(2)9/h8H,3-6H2,1-2H3. The van der Waals surface area contributed by atoms with Crippen molar-refractivity contribution in [1.29, 1.82) is 0 Å². The van der Waals surface area contributed by atoms with Crippen LogP contribution in [0.5, 0.6) is 0 Å². The quantitative estimate of drug-likeness (QED) is 0.651. The largest absolute Gasteiger partial charge is 0.316 e. The normalized spacial score (nSPS) is 24.2. The van der Waals surface area contributed by atoms with Crippen LogP contribution in [-0.2, 0) is 10.8 Å². The van der Waals surface area contributed by atoms with Crippen LogP contribution in [0.15, 0.2) is 0 Å². The Balaban J connectivity index is 2.31. The lowest BCUT2D eigenvalue weighted by Gasteiger charge is -2.10. The third-order valence-corrected chi connectivity index (χ3v) is 3.89. The van der Waals surface area contributed by atoms with Gasteiger partial charge in [-0.05, 0) is 19.4 Å². The van der Waals surface area contributed by atoms with Crippen LogP contribution in [0.25, 0.3) is 0 Å². The van der Waals surface area contributed by atoms with Gasteiger partial charge in [0.2, 0.25) is 0 Å². The molecule has 0 bridgehead atoms. The molecular formula is C7H15NOS. The van der Waals surface area contributed by atoms with Crippen molar-refractivity contribution in [2.24, 2.45) is 0 Å². The second-order valence-corrected chi connectivity index (χ2v) is 4.69. The minimum absolute atomic E-state index is 0.163. The van der Waals surface area contributed by atoms with Crippen molar-refractivity contribution in [3.63, 3.8) is 0 Å². The first-order valence-corrected chi connectivity index (χ1v) is 5.31. The van der Waals surface area contributed by atoms with Crippen molar-refractivity contribution in [3.05, 3.63) is 0 Å². The average molecular weight is 161 g/mol. The molecule has 1 unspecified atom stereocenters. The van der Waals surface area contributed by atoms with E-state index in [4.69, 9.17) is 0 Å². The van der Waals surface area contributed by atoms with Gasteiger partial charge in [-0.15, -0.1) is 0 Å². The highest BCUT2D eigenvalue weighted by Crippen LogP contribution is 2.40. The molecule has 60 valence electrons. The van der Waals surface area contributed by atoms with E-state index in [1.165, 1.54) is 0 Å². The monoisotopic (exact) mass is 161 g/mol. The van der Waals surface area contributed by atoms with Crippen molar-refractivity contribution in [1.82, 2.24) is 5.32 Å². The van der Waals surface area contributed by atoms with Gasteiger partial charge in [0.1, 0.15) is 0 Å². The van der Waals surface area contributed by atoms with Crippen molar-refractivity contribution in [2.45, 2.75) is 24.5 Å². The maximum absolute atomic E-state index is 11.1. The molecule has 10 heavy (non-hydrogen) atoms. The molecule has 0 aliphatic heterocycles. The van der Waals surface area contributed by atoms with E-state index in [9.17, 15) is 4.21 Å². The minimum atomic E-state index is -0.629. The fourth-order valence-corrected chi connectivity index (χ4v) is 2.04. The summed E-state index contributed by atoms with van der Waals surface area (Å²) in [7, 11) is -0.629. The summed E-state index contributed by atoms with van der Waals surface area (Å²) in [5.41, 5.74) is 0. The maximum atomic E-state index is 11.1. The van der Waals surface area contributed by atoms with E-state index in [0.29, 0.717) is 0 Å². The van der Waals surface area contributed by atoms with E-state index < -0.39 is 10.8 Å². The molecule has 0 saturated heterocycles. The Morgan fingerprint density at radius 3 is 2.50 bits per heavy atom. The smallest absolute Gasteiger partial charge is 0.0581 e. The van der Waals surface area contributed by atoms with Gasteiger partial charge in [-0.25, -0.2) is 0 Å². The maximum Gasteiger partial charge on any atom is 0.0581 e. The Kier molecular flexibility index (Phi) is 2.47. The van der Waals surface area contributed by atoms with E-state index in [0.717, 1.165) is 25.9 Å². The summed E-state index contributed by atoms with van der Waals surface area (Å²) in [6.07, 6.45) is 4.09. The molecule has 0 spiro atoms. The minimum Gasteiger partial charge on any atom is -0.316 e. The van der Waals surface area contributed by atoms with Crippen LogP contribution < -0.4 is 5.32 Å². The number of nitrogens with one attached hydrogen (secondary N) is 1. The molecule has 1 aliphatic rings. The average Bonchev–Trinajstić information content (AvgIpc) is 2.64. The van der Waals surface area contributed by atoms with E-state index in [1.54, 1.807) is 0 Å². The molecule has 1 rings (SSSR count). The van der Waals surface area contributed by atoms with Gasteiger partial charge < -0.3 is 5.32 Å². The Labute approximate surface area is 64.8 Å². The fourth-order valence-electron chi connectivity index (χ4n) is 1.06. The molecular weight excluding hydrogens is 146 g/mol. The fraction of sp³-hybridized carbons (Fsp3) is 1.00. The lowest BCUT2D eigenvalue weighted by molar-refractivity contribution is 0.642. The van der Waals surface area contributed by atoms with Gasteiger partial charge in [-0.1, -0.05) is 6.92 Å². The molecule has 0 aromatic carbocycles. The third-order valence-electron chi connectivity index (χ3n) is 2.11. The first-order valence-electron chi connectivity index (χ1n) is 3.75. The van der Waals surface area contributed by atoms with E-state index in [-0.39, 0.29) is 4.75 Å². The predicted octanol–water partition coefficient (Wildman–Crippen LogP) is 0.507. The van der Waals surface area contributed by atoms with Crippen molar-refractivity contribution in [2.75, 3.05) is 19.3 Å². The number of rotatable bonds is 4. The van der Waals surface area contributed by atoms with E-state index in [1.807, 2.05) is 6.26 Å². The molecule has 2 nitrogen and oxygen atoms in total. The Morgan fingerprint density at radius 1 is 1.60 bits per heavy atom. The van der Waals surface area contributed by atoms with Crippen molar-refractivity contribution >= 4 is 10.8 Å². The Morgan fingerprint density at radius 2 is 2.20 bits per heavy atom. The van der Waals surface area contributed by atoms with E-state index >= 15 is 0 Å². The molecule has 3 heteroatoms. The number of hydrogen-bond donors (Lipinski definition) is 1. The molecule has 1 aliphatic carbocycles. The number of hydrogen-bond acceptors (Lipinski definition) is 2. The zero-order chi connectivity index (χ0) is 7.61. The molecule has 1 N–H and O–H groups in total. The SMILES string of the molecule is CCNCC1(S(C)=O)CC1. The van der Waals surface area contributed by atoms with Gasteiger partial charge in [-0.3, -0.25) is 4.21 Å². The van der Waals surface area contributed by atoms with Crippen LogP contribution in [0.3, 0.4) is 0 Å². The van der Waals surface area contributed by atoms with Crippen molar-refractivity contribution < 1.29 is 4.21 Å². The van der Waals surface area contributed by atoms with Crippen LogP contribution in [-0.4, -0.2) is 28.3 Å². The van der Waals surface area contributed by atoms with Crippen LogP contribution in [0.1, 0.15) is 19.8 Å². The zero-order valence-electron chi connectivity index (χ0n) is 6.64. The summed E-state index contributed by atoms with van der Waals surface area (Å²) in [6.45, 7) is 4.00. The van der Waals surface area contributed by atoms with Gasteiger partial charge in [0, 0.05) is 23.6 Å². The molecule has 0 aromatic heterocycles. The lowest BCUT2D eigenvalue weighted by atomic mass is 10.4. The van der Waals surface area contributed by atoms with Gasteiger partial charge in [0.25, 0.3) is 0 Å². The summed E-state index contributed by atoms with van der Waals surface area (Å²) in [5.74, 6) is 0. The topological polar surface area (TPSA) is 29.1 Å². The second-order valence-electron chi connectivity index (χ2n) is 2.92. The molecule has 1 saturated carbocycles. The first kappa shape index (κ1) is 8.21. The zero-order valence-corrected chi connectivity index (χ0v) is 7.46. The summed E-state index contributed by atoms with van der Waals surface area (Å²) in [6, 6.07) is 0. The summed E-state index contributed by atoms with van der Waals surface area (Å²) < 4.78 is 11.3. The molecule has 0 amide bonds. The highest BCUT2D eigenvalue weighted by molar-refractivity contribution is 7.86. The molecule has 0 radical (unpaired) electrons. The van der Waals surface area contributed by atoms with E-state index in [2.05, 4.69) is 12.2 Å². The van der Waals surface area contributed by atoms with Crippen LogP contribution in [0.2, 0.25) is 0 Å². The summed E-state index contributed by atoms with van der Waals surface area (Å²) in [4.78, 5) is 0.